The van der Waals surface area contributed by atoms with Crippen molar-refractivity contribution in [3.63, 3.8) is 0 Å². The molecule has 0 spiro atoms. The van der Waals surface area contributed by atoms with Gasteiger partial charge in [-0.05, 0) is 49.3 Å². The van der Waals surface area contributed by atoms with Gasteiger partial charge >= 0.3 is 0 Å². The maximum atomic E-state index is 6.11. The molecule has 3 rings (SSSR count). The monoisotopic (exact) mass is 353 g/mol. The van der Waals surface area contributed by atoms with E-state index in [1.807, 2.05) is 43.7 Å². The Kier molecular flexibility index (Phi) is 4.49. The summed E-state index contributed by atoms with van der Waals surface area (Å²) in [5, 5.41) is 7.27. The summed E-state index contributed by atoms with van der Waals surface area (Å²) < 4.78 is 5.35. The van der Waals surface area contributed by atoms with Crippen molar-refractivity contribution >= 4 is 34.5 Å². The summed E-state index contributed by atoms with van der Waals surface area (Å²) in [5.74, 6) is 0.966. The van der Waals surface area contributed by atoms with Crippen molar-refractivity contribution in [1.82, 2.24) is 15.0 Å². The fourth-order valence-corrected chi connectivity index (χ4v) is 3.37. The van der Waals surface area contributed by atoms with Gasteiger partial charge in [0, 0.05) is 17.1 Å². The van der Waals surface area contributed by atoms with E-state index in [0.29, 0.717) is 21.8 Å². The minimum atomic E-state index is 0.431. The van der Waals surface area contributed by atoms with Crippen LogP contribution in [0.4, 0.5) is 0 Å². The molecule has 0 atom stereocenters. The number of thiophene rings is 1. The van der Waals surface area contributed by atoms with Crippen LogP contribution in [0.3, 0.4) is 0 Å². The Hall–Kier alpha value is -1.40. The maximum absolute atomic E-state index is 6.11. The SMILES string of the molecule is CN(C)Cc1cc(Cl)ccc1-c1noc(-c2sccc2Cl)n1. The molecule has 4 nitrogen and oxygen atoms in total. The molecule has 0 unspecified atom stereocenters. The maximum Gasteiger partial charge on any atom is 0.269 e. The zero-order valence-corrected chi connectivity index (χ0v) is 14.3. The molecule has 0 N–H and O–H groups in total. The van der Waals surface area contributed by atoms with Gasteiger partial charge in [0.1, 0.15) is 4.88 Å². The normalized spacial score (nSPS) is 11.3. The summed E-state index contributed by atoms with van der Waals surface area (Å²) in [6.07, 6.45) is 0. The Balaban J connectivity index is 2.02. The molecule has 7 heteroatoms. The van der Waals surface area contributed by atoms with E-state index in [1.165, 1.54) is 11.3 Å². The molecular weight excluding hydrogens is 341 g/mol. The minimum Gasteiger partial charge on any atom is -0.333 e. The van der Waals surface area contributed by atoms with Gasteiger partial charge in [0.25, 0.3) is 5.89 Å². The van der Waals surface area contributed by atoms with Crippen LogP contribution in [0.1, 0.15) is 5.56 Å². The van der Waals surface area contributed by atoms with Crippen molar-refractivity contribution in [1.29, 1.82) is 0 Å². The van der Waals surface area contributed by atoms with Crippen molar-refractivity contribution in [3.8, 4) is 22.2 Å². The van der Waals surface area contributed by atoms with Gasteiger partial charge in [-0.1, -0.05) is 28.4 Å². The zero-order chi connectivity index (χ0) is 15.7. The van der Waals surface area contributed by atoms with Crippen LogP contribution < -0.4 is 0 Å². The van der Waals surface area contributed by atoms with E-state index in [-0.39, 0.29) is 0 Å². The molecule has 22 heavy (non-hydrogen) atoms. The first kappa shape index (κ1) is 15.5. The van der Waals surface area contributed by atoms with Gasteiger partial charge in [0.2, 0.25) is 5.82 Å². The van der Waals surface area contributed by atoms with Crippen LogP contribution in [-0.4, -0.2) is 29.1 Å². The topological polar surface area (TPSA) is 42.2 Å². The van der Waals surface area contributed by atoms with Gasteiger partial charge in [-0.3, -0.25) is 0 Å². The van der Waals surface area contributed by atoms with Gasteiger partial charge in [0.05, 0.1) is 5.02 Å². The van der Waals surface area contributed by atoms with Crippen LogP contribution in [0.5, 0.6) is 0 Å². The van der Waals surface area contributed by atoms with Crippen LogP contribution in [0.25, 0.3) is 22.2 Å². The fourth-order valence-electron chi connectivity index (χ4n) is 2.12. The molecule has 0 aliphatic heterocycles. The van der Waals surface area contributed by atoms with Crippen LogP contribution in [0.2, 0.25) is 10.0 Å². The van der Waals surface area contributed by atoms with Crippen LogP contribution >= 0.6 is 34.5 Å². The van der Waals surface area contributed by atoms with E-state index in [4.69, 9.17) is 27.7 Å². The summed E-state index contributed by atoms with van der Waals surface area (Å²) in [5.41, 5.74) is 1.95. The standard InChI is InChI=1S/C15H13Cl2N3OS/c1-20(2)8-9-7-10(16)3-4-11(9)14-18-15(21-19-14)13-12(17)5-6-22-13/h3-7H,8H2,1-2H3. The molecular formula is C15H13Cl2N3OS. The van der Waals surface area contributed by atoms with Gasteiger partial charge < -0.3 is 9.42 Å². The van der Waals surface area contributed by atoms with Crippen LogP contribution in [-0.2, 0) is 6.54 Å². The third kappa shape index (κ3) is 3.17. The third-order valence-electron chi connectivity index (χ3n) is 3.03. The van der Waals surface area contributed by atoms with Crippen molar-refractivity contribution in [2.75, 3.05) is 14.1 Å². The van der Waals surface area contributed by atoms with Crippen molar-refractivity contribution in [2.24, 2.45) is 0 Å². The summed E-state index contributed by atoms with van der Waals surface area (Å²) in [4.78, 5) is 7.31. The zero-order valence-electron chi connectivity index (χ0n) is 12.0. The highest BCUT2D eigenvalue weighted by atomic mass is 35.5. The Labute approximate surface area is 142 Å². The number of nitrogens with zero attached hydrogens (tertiary/aromatic N) is 3. The van der Waals surface area contributed by atoms with Crippen LogP contribution in [0, 0.1) is 0 Å². The number of rotatable bonds is 4. The average molecular weight is 354 g/mol. The Morgan fingerprint density at radius 1 is 1.23 bits per heavy atom. The second kappa shape index (κ2) is 6.38. The molecule has 0 radical (unpaired) electrons. The lowest BCUT2D eigenvalue weighted by Gasteiger charge is -2.12. The number of benzene rings is 1. The van der Waals surface area contributed by atoms with Crippen molar-refractivity contribution < 1.29 is 4.52 Å². The summed E-state index contributed by atoms with van der Waals surface area (Å²) in [6.45, 7) is 0.736. The first-order valence-electron chi connectivity index (χ1n) is 6.55. The number of hydrogen-bond donors (Lipinski definition) is 0. The molecule has 0 fully saturated rings. The van der Waals surface area contributed by atoms with Crippen molar-refractivity contribution in [2.45, 2.75) is 6.54 Å². The average Bonchev–Trinajstić information content (AvgIpc) is 3.06. The van der Waals surface area contributed by atoms with E-state index < -0.39 is 0 Å². The number of aromatic nitrogens is 2. The van der Waals surface area contributed by atoms with Gasteiger partial charge in [0.15, 0.2) is 0 Å². The third-order valence-corrected chi connectivity index (χ3v) is 4.60. The number of hydrogen-bond acceptors (Lipinski definition) is 5. The summed E-state index contributed by atoms with van der Waals surface area (Å²) >= 11 is 13.7. The molecule has 0 aliphatic rings. The quantitative estimate of drug-likeness (QED) is 0.673. The molecule has 0 saturated heterocycles. The minimum absolute atomic E-state index is 0.431. The summed E-state index contributed by atoms with van der Waals surface area (Å²) in [6, 6.07) is 7.46. The first-order chi connectivity index (χ1) is 10.5. The number of halogens is 2. The predicted octanol–water partition coefficient (Wildman–Crippen LogP) is 4.83. The fraction of sp³-hybridized carbons (Fsp3) is 0.200. The van der Waals surface area contributed by atoms with E-state index in [0.717, 1.165) is 22.5 Å². The Morgan fingerprint density at radius 3 is 2.73 bits per heavy atom. The highest BCUT2D eigenvalue weighted by molar-refractivity contribution is 7.14. The van der Waals surface area contributed by atoms with Gasteiger partial charge in [-0.2, -0.15) is 4.98 Å². The molecule has 114 valence electrons. The first-order valence-corrected chi connectivity index (χ1v) is 8.19. The predicted molar refractivity (Wildman–Crippen MR) is 90.5 cm³/mol. The van der Waals surface area contributed by atoms with E-state index >= 15 is 0 Å². The molecule has 2 heterocycles. The molecule has 0 saturated carbocycles. The largest absolute Gasteiger partial charge is 0.333 e. The lowest BCUT2D eigenvalue weighted by atomic mass is 10.1. The molecule has 0 amide bonds. The smallest absolute Gasteiger partial charge is 0.269 e. The molecule has 2 aromatic heterocycles. The van der Waals surface area contributed by atoms with Gasteiger partial charge in [-0.15, -0.1) is 11.3 Å². The highest BCUT2D eigenvalue weighted by Gasteiger charge is 2.17. The second-order valence-corrected chi connectivity index (χ2v) is 6.82. The van der Waals surface area contributed by atoms with Crippen molar-refractivity contribution in [3.05, 3.63) is 45.3 Å². The molecule has 0 bridgehead atoms. The highest BCUT2D eigenvalue weighted by Crippen LogP contribution is 2.34. The second-order valence-electron chi connectivity index (χ2n) is 5.06. The lowest BCUT2D eigenvalue weighted by Crippen LogP contribution is -2.11. The van der Waals surface area contributed by atoms with E-state index in [2.05, 4.69) is 15.0 Å². The molecule has 1 aromatic carbocycles. The van der Waals surface area contributed by atoms with Gasteiger partial charge in [-0.25, -0.2) is 0 Å². The Morgan fingerprint density at radius 2 is 2.05 bits per heavy atom. The Bertz CT molecular complexity index is 798. The van der Waals surface area contributed by atoms with E-state index in [9.17, 15) is 0 Å². The molecule has 3 aromatic rings. The van der Waals surface area contributed by atoms with Crippen LogP contribution in [0.15, 0.2) is 34.2 Å². The molecule has 0 aliphatic carbocycles. The lowest BCUT2D eigenvalue weighted by molar-refractivity contribution is 0.402. The van der Waals surface area contributed by atoms with E-state index in [1.54, 1.807) is 0 Å². The summed E-state index contributed by atoms with van der Waals surface area (Å²) in [7, 11) is 4.00.